The maximum atomic E-state index is 13.1. The van der Waals surface area contributed by atoms with Gasteiger partial charge in [-0.05, 0) is 30.2 Å². The second-order valence-corrected chi connectivity index (χ2v) is 8.01. The molecule has 1 fully saturated rings. The standard InChI is InChI=1S/C23H23Cl2NO6/c1-4-5-9-26-18(12-7-6-8-13(27)10-12)16(20(29)23(26)30)19(28)14-11-15(24)22(32-3)17(25)21(14)31-2/h6-8,10-11,18,27-28H,4-5,9H2,1-3H3/b19-16+. The van der Waals surface area contributed by atoms with E-state index in [-0.39, 0.29) is 38.4 Å². The summed E-state index contributed by atoms with van der Waals surface area (Å²) >= 11 is 12.6. The number of methoxy groups -OCH3 is 2. The number of benzene rings is 2. The number of phenolic OH excluding ortho intramolecular Hbond substituents is 1. The van der Waals surface area contributed by atoms with E-state index in [1.54, 1.807) is 12.1 Å². The lowest BCUT2D eigenvalue weighted by Crippen LogP contribution is -2.30. The van der Waals surface area contributed by atoms with E-state index in [4.69, 9.17) is 32.7 Å². The third-order valence-corrected chi connectivity index (χ3v) is 5.90. The minimum atomic E-state index is -0.905. The van der Waals surface area contributed by atoms with Gasteiger partial charge in [0.2, 0.25) is 0 Å². The molecule has 1 atom stereocenters. The molecule has 0 saturated carbocycles. The summed E-state index contributed by atoms with van der Waals surface area (Å²) < 4.78 is 10.5. The number of aliphatic hydroxyl groups is 1. The number of rotatable bonds is 7. The van der Waals surface area contributed by atoms with Gasteiger partial charge in [0.25, 0.3) is 11.7 Å². The summed E-state index contributed by atoms with van der Waals surface area (Å²) in [5.74, 6) is -1.92. The molecule has 0 aliphatic carbocycles. The first-order valence-corrected chi connectivity index (χ1v) is 10.7. The van der Waals surface area contributed by atoms with E-state index < -0.39 is 23.5 Å². The molecule has 1 saturated heterocycles. The Labute approximate surface area is 195 Å². The van der Waals surface area contributed by atoms with E-state index in [0.29, 0.717) is 18.5 Å². The third-order valence-electron chi connectivity index (χ3n) is 5.27. The zero-order valence-electron chi connectivity index (χ0n) is 17.8. The molecule has 9 heteroatoms. The van der Waals surface area contributed by atoms with Gasteiger partial charge in [0.05, 0.1) is 36.4 Å². The van der Waals surface area contributed by atoms with Crippen LogP contribution in [0.25, 0.3) is 5.76 Å². The van der Waals surface area contributed by atoms with Crippen LogP contribution in [0.4, 0.5) is 0 Å². The van der Waals surface area contributed by atoms with Crippen LogP contribution in [0.5, 0.6) is 17.2 Å². The van der Waals surface area contributed by atoms with Crippen LogP contribution in [0, 0.1) is 0 Å². The molecule has 3 rings (SSSR count). The monoisotopic (exact) mass is 479 g/mol. The molecule has 2 aromatic rings. The number of ether oxygens (including phenoxy) is 2. The van der Waals surface area contributed by atoms with Gasteiger partial charge in [0.15, 0.2) is 11.5 Å². The van der Waals surface area contributed by atoms with Gasteiger partial charge in [0.1, 0.15) is 16.5 Å². The smallest absolute Gasteiger partial charge is 0.295 e. The molecule has 1 amide bonds. The van der Waals surface area contributed by atoms with Crippen molar-refractivity contribution in [2.45, 2.75) is 25.8 Å². The first kappa shape index (κ1) is 23.8. The number of likely N-dealkylation sites (tertiary alicyclic amines) is 1. The van der Waals surface area contributed by atoms with Gasteiger partial charge in [-0.1, -0.05) is 48.7 Å². The Morgan fingerprint density at radius 2 is 1.81 bits per heavy atom. The minimum Gasteiger partial charge on any atom is -0.508 e. The number of unbranched alkanes of at least 4 members (excludes halogenated alkanes) is 1. The highest BCUT2D eigenvalue weighted by Crippen LogP contribution is 2.47. The van der Waals surface area contributed by atoms with E-state index in [0.717, 1.165) is 6.42 Å². The molecule has 7 nitrogen and oxygen atoms in total. The average molecular weight is 480 g/mol. The number of aliphatic hydroxyl groups excluding tert-OH is 1. The van der Waals surface area contributed by atoms with Crippen LogP contribution in [0.1, 0.15) is 36.9 Å². The number of nitrogens with zero attached hydrogens (tertiary/aromatic N) is 1. The number of carbonyl (C=O) groups is 2. The van der Waals surface area contributed by atoms with Gasteiger partial charge in [-0.2, -0.15) is 0 Å². The van der Waals surface area contributed by atoms with E-state index in [1.165, 1.54) is 37.3 Å². The molecule has 2 aromatic carbocycles. The normalized spacial score (nSPS) is 17.7. The van der Waals surface area contributed by atoms with Crippen LogP contribution in [0.2, 0.25) is 10.0 Å². The van der Waals surface area contributed by atoms with Crippen LogP contribution in [-0.2, 0) is 9.59 Å². The number of hydrogen-bond donors (Lipinski definition) is 2. The Bertz CT molecular complexity index is 1100. The second-order valence-electron chi connectivity index (χ2n) is 7.23. The maximum absolute atomic E-state index is 13.1. The number of ketones is 1. The highest BCUT2D eigenvalue weighted by molar-refractivity contribution is 6.47. The van der Waals surface area contributed by atoms with E-state index in [1.807, 2.05) is 6.92 Å². The molecule has 0 aromatic heterocycles. The second kappa shape index (κ2) is 9.71. The predicted molar refractivity (Wildman–Crippen MR) is 122 cm³/mol. The summed E-state index contributed by atoms with van der Waals surface area (Å²) in [6.07, 6.45) is 1.46. The summed E-state index contributed by atoms with van der Waals surface area (Å²) in [5.41, 5.74) is 0.376. The Hall–Kier alpha value is -2.90. The van der Waals surface area contributed by atoms with Crippen LogP contribution in [0.3, 0.4) is 0 Å². The molecule has 1 aliphatic heterocycles. The van der Waals surface area contributed by atoms with Gasteiger partial charge in [-0.15, -0.1) is 0 Å². The van der Waals surface area contributed by atoms with Gasteiger partial charge in [-0.3, -0.25) is 9.59 Å². The Morgan fingerprint density at radius 3 is 2.41 bits per heavy atom. The molecule has 0 spiro atoms. The van der Waals surface area contributed by atoms with Crippen molar-refractivity contribution in [2.24, 2.45) is 0 Å². The van der Waals surface area contributed by atoms with Crippen molar-refractivity contribution < 1.29 is 29.3 Å². The largest absolute Gasteiger partial charge is 0.508 e. The summed E-state index contributed by atoms with van der Waals surface area (Å²) in [7, 11) is 2.73. The Morgan fingerprint density at radius 1 is 1.12 bits per heavy atom. The quantitative estimate of drug-likeness (QED) is 0.331. The molecule has 0 radical (unpaired) electrons. The lowest BCUT2D eigenvalue weighted by atomic mass is 9.94. The Kier molecular flexibility index (Phi) is 7.21. The maximum Gasteiger partial charge on any atom is 0.295 e. The first-order chi connectivity index (χ1) is 15.3. The lowest BCUT2D eigenvalue weighted by molar-refractivity contribution is -0.139. The van der Waals surface area contributed by atoms with Crippen LogP contribution in [-0.4, -0.2) is 47.6 Å². The number of Topliss-reactive ketones (excluding diaryl/α,β-unsaturated/α-hetero) is 1. The van der Waals surface area contributed by atoms with Crippen LogP contribution < -0.4 is 9.47 Å². The predicted octanol–water partition coefficient (Wildman–Crippen LogP) is 4.94. The molecule has 1 aliphatic rings. The van der Waals surface area contributed by atoms with Crippen LogP contribution >= 0.6 is 23.2 Å². The molecule has 1 unspecified atom stereocenters. The van der Waals surface area contributed by atoms with Gasteiger partial charge in [0, 0.05) is 6.54 Å². The van der Waals surface area contributed by atoms with Crippen molar-refractivity contribution in [3.05, 3.63) is 57.1 Å². The molecule has 32 heavy (non-hydrogen) atoms. The topological polar surface area (TPSA) is 96.3 Å². The zero-order chi connectivity index (χ0) is 23.6. The highest BCUT2D eigenvalue weighted by atomic mass is 35.5. The molecular formula is C23H23Cl2NO6. The van der Waals surface area contributed by atoms with Gasteiger partial charge >= 0.3 is 0 Å². The number of carbonyl (C=O) groups excluding carboxylic acids is 2. The number of phenols is 1. The van der Waals surface area contributed by atoms with E-state index in [9.17, 15) is 19.8 Å². The van der Waals surface area contributed by atoms with E-state index in [2.05, 4.69) is 0 Å². The number of hydrogen-bond acceptors (Lipinski definition) is 6. The summed E-state index contributed by atoms with van der Waals surface area (Å²) in [5, 5.41) is 21.3. The van der Waals surface area contributed by atoms with Crippen molar-refractivity contribution in [1.82, 2.24) is 4.90 Å². The van der Waals surface area contributed by atoms with Crippen molar-refractivity contribution in [2.75, 3.05) is 20.8 Å². The third kappa shape index (κ3) is 4.10. The molecular weight excluding hydrogens is 457 g/mol. The molecule has 1 heterocycles. The lowest BCUT2D eigenvalue weighted by Gasteiger charge is -2.25. The molecule has 2 N–H and O–H groups in total. The summed E-state index contributed by atoms with van der Waals surface area (Å²) in [4.78, 5) is 27.3. The minimum absolute atomic E-state index is 0.0122. The van der Waals surface area contributed by atoms with Crippen molar-refractivity contribution in [1.29, 1.82) is 0 Å². The Balaban J connectivity index is 2.29. The number of halogens is 2. The highest BCUT2D eigenvalue weighted by Gasteiger charge is 2.46. The summed E-state index contributed by atoms with van der Waals surface area (Å²) in [6, 6.07) is 6.67. The average Bonchev–Trinajstić information content (AvgIpc) is 3.02. The van der Waals surface area contributed by atoms with Crippen LogP contribution in [0.15, 0.2) is 35.9 Å². The fourth-order valence-corrected chi connectivity index (χ4v) is 4.46. The van der Waals surface area contributed by atoms with E-state index >= 15 is 0 Å². The van der Waals surface area contributed by atoms with Gasteiger partial charge < -0.3 is 24.6 Å². The fourth-order valence-electron chi connectivity index (χ4n) is 3.77. The van der Waals surface area contributed by atoms with Crippen molar-refractivity contribution in [3.63, 3.8) is 0 Å². The SMILES string of the molecule is CCCCN1C(=O)C(=O)/C(=C(/O)c2cc(Cl)c(OC)c(Cl)c2OC)C1c1cccc(O)c1. The summed E-state index contributed by atoms with van der Waals surface area (Å²) in [6.45, 7) is 2.27. The van der Waals surface area contributed by atoms with Gasteiger partial charge in [-0.25, -0.2) is 0 Å². The van der Waals surface area contributed by atoms with Crippen molar-refractivity contribution >= 4 is 40.7 Å². The zero-order valence-corrected chi connectivity index (χ0v) is 19.3. The van der Waals surface area contributed by atoms with Crippen molar-refractivity contribution in [3.8, 4) is 17.2 Å². The number of aromatic hydroxyl groups is 1. The fraction of sp³-hybridized carbons (Fsp3) is 0.304. The first-order valence-electron chi connectivity index (χ1n) is 9.94. The number of amides is 1. The molecule has 0 bridgehead atoms. The molecule has 170 valence electrons.